The molecule has 39 heavy (non-hydrogen) atoms. The Bertz CT molecular complexity index is 1600. The molecule has 0 unspecified atom stereocenters. The number of benzene rings is 3. The summed E-state index contributed by atoms with van der Waals surface area (Å²) >= 11 is 1.19. The zero-order valence-electron chi connectivity index (χ0n) is 21.2. The van der Waals surface area contributed by atoms with Crippen LogP contribution in [0.15, 0.2) is 76.4 Å². The first-order valence-corrected chi connectivity index (χ1v) is 13.1. The van der Waals surface area contributed by atoms with Gasteiger partial charge in [-0.15, -0.1) is 0 Å². The summed E-state index contributed by atoms with van der Waals surface area (Å²) in [5.74, 6) is 0.0130. The number of carbonyl (C=O) groups excluding carboxylic acids is 1. The van der Waals surface area contributed by atoms with Gasteiger partial charge in [-0.05, 0) is 84.8 Å². The van der Waals surface area contributed by atoms with Gasteiger partial charge in [-0.1, -0.05) is 30.3 Å². The smallest absolute Gasteiger partial charge is 0.334 e. The van der Waals surface area contributed by atoms with Gasteiger partial charge in [0.1, 0.15) is 0 Å². The number of aryl methyl sites for hydroxylation is 2. The summed E-state index contributed by atoms with van der Waals surface area (Å²) in [6.07, 6.45) is -3.94. The number of hydrogen-bond acceptors (Lipinski definition) is 5. The zero-order valence-corrected chi connectivity index (χ0v) is 22.0. The number of nitrogens with one attached hydrogen (secondary N) is 2. The van der Waals surface area contributed by atoms with Crippen molar-refractivity contribution in [3.8, 4) is 11.3 Å². The Morgan fingerprint density at radius 1 is 1.00 bits per heavy atom. The van der Waals surface area contributed by atoms with Crippen LogP contribution in [0.2, 0.25) is 0 Å². The number of nitrogens with zero attached hydrogens (tertiary/aromatic N) is 2. The van der Waals surface area contributed by atoms with Gasteiger partial charge in [0.15, 0.2) is 0 Å². The van der Waals surface area contributed by atoms with E-state index in [2.05, 4.69) is 14.7 Å². The van der Waals surface area contributed by atoms with Crippen molar-refractivity contribution in [1.29, 1.82) is 0 Å². The van der Waals surface area contributed by atoms with Crippen LogP contribution in [0.4, 0.5) is 19.1 Å². The number of alkyl halides is 3. The summed E-state index contributed by atoms with van der Waals surface area (Å²) in [5.41, 5.74) is 4.21. The molecule has 0 saturated carbocycles. The second-order valence-electron chi connectivity index (χ2n) is 9.44. The van der Waals surface area contributed by atoms with E-state index in [1.54, 1.807) is 23.1 Å². The lowest BCUT2D eigenvalue weighted by molar-refractivity contribution is -0.137. The van der Waals surface area contributed by atoms with Crippen molar-refractivity contribution in [3.05, 3.63) is 110 Å². The topological polar surface area (TPSA) is 78.1 Å². The average Bonchev–Trinajstić information content (AvgIpc) is 2.90. The first-order valence-electron chi connectivity index (χ1n) is 12.3. The predicted molar refractivity (Wildman–Crippen MR) is 146 cm³/mol. The number of fused-ring (bicyclic) bond motifs is 1. The lowest BCUT2D eigenvalue weighted by Gasteiger charge is -2.29. The Balaban J connectivity index is 1.31. The Hall–Kier alpha value is -4.05. The molecule has 0 atom stereocenters. The van der Waals surface area contributed by atoms with Crippen LogP contribution < -0.4 is 10.3 Å². The fourth-order valence-corrected chi connectivity index (χ4v) is 5.39. The number of aromatic nitrogens is 2. The molecule has 0 spiro atoms. The monoisotopic (exact) mass is 550 g/mol. The van der Waals surface area contributed by atoms with Crippen molar-refractivity contribution in [3.63, 3.8) is 0 Å². The highest BCUT2D eigenvalue weighted by Crippen LogP contribution is 2.33. The SMILES string of the molecule is Cc1cccc(C)c1-c1cc(=O)[nH]c(NSc2cccc(C(=O)N3CCc4ccc(C(F)(F)F)cc4C3)c2)n1. The summed E-state index contributed by atoms with van der Waals surface area (Å²) in [6, 6.07) is 18.0. The molecular weight excluding hydrogens is 525 g/mol. The summed E-state index contributed by atoms with van der Waals surface area (Å²) < 4.78 is 42.6. The van der Waals surface area contributed by atoms with Gasteiger partial charge >= 0.3 is 6.18 Å². The van der Waals surface area contributed by atoms with E-state index < -0.39 is 11.7 Å². The molecule has 2 heterocycles. The van der Waals surface area contributed by atoms with Crippen LogP contribution in [0.1, 0.15) is 38.2 Å². The van der Waals surface area contributed by atoms with E-state index in [1.165, 1.54) is 24.1 Å². The third kappa shape index (κ3) is 5.85. The molecule has 1 amide bonds. The number of aromatic amines is 1. The zero-order chi connectivity index (χ0) is 27.7. The number of anilines is 1. The second-order valence-corrected chi connectivity index (χ2v) is 10.3. The molecule has 4 aromatic rings. The Morgan fingerprint density at radius 2 is 1.74 bits per heavy atom. The van der Waals surface area contributed by atoms with Gasteiger partial charge in [-0.2, -0.15) is 13.2 Å². The average molecular weight is 551 g/mol. The van der Waals surface area contributed by atoms with Crippen LogP contribution in [0, 0.1) is 13.8 Å². The molecule has 5 rings (SSSR count). The number of carbonyl (C=O) groups is 1. The molecule has 0 bridgehead atoms. The molecule has 1 aliphatic heterocycles. The van der Waals surface area contributed by atoms with Crippen LogP contribution in [0.5, 0.6) is 0 Å². The van der Waals surface area contributed by atoms with Crippen molar-refractivity contribution in [2.75, 3.05) is 11.3 Å². The van der Waals surface area contributed by atoms with Crippen molar-refractivity contribution < 1.29 is 18.0 Å². The van der Waals surface area contributed by atoms with Crippen LogP contribution >= 0.6 is 11.9 Å². The molecular formula is C29H25F3N4O2S. The Kier molecular flexibility index (Phi) is 7.22. The maximum absolute atomic E-state index is 13.2. The van der Waals surface area contributed by atoms with Crippen molar-refractivity contribution in [2.45, 2.75) is 37.9 Å². The van der Waals surface area contributed by atoms with Crippen LogP contribution in [-0.2, 0) is 19.1 Å². The normalized spacial score (nSPS) is 13.2. The number of H-pyrrole nitrogens is 1. The van der Waals surface area contributed by atoms with Gasteiger partial charge in [-0.25, -0.2) is 4.98 Å². The lowest BCUT2D eigenvalue weighted by Crippen LogP contribution is -2.36. The predicted octanol–water partition coefficient (Wildman–Crippen LogP) is 6.39. The largest absolute Gasteiger partial charge is 0.416 e. The number of amides is 1. The van der Waals surface area contributed by atoms with Crippen molar-refractivity contribution in [2.24, 2.45) is 0 Å². The van der Waals surface area contributed by atoms with Crippen LogP contribution in [0.3, 0.4) is 0 Å². The first kappa shape index (κ1) is 26.6. The van der Waals surface area contributed by atoms with E-state index in [4.69, 9.17) is 0 Å². The minimum Gasteiger partial charge on any atom is -0.334 e. The third-order valence-corrected chi connectivity index (χ3v) is 7.44. The maximum Gasteiger partial charge on any atom is 0.416 e. The van der Waals surface area contributed by atoms with E-state index in [9.17, 15) is 22.8 Å². The number of halogens is 3. The molecule has 10 heteroatoms. The summed E-state index contributed by atoms with van der Waals surface area (Å²) in [6.45, 7) is 4.46. The van der Waals surface area contributed by atoms with Gasteiger partial charge in [0.2, 0.25) is 5.95 Å². The minimum absolute atomic E-state index is 0.115. The quantitative estimate of drug-likeness (QED) is 0.282. The van der Waals surface area contributed by atoms with Crippen molar-refractivity contribution >= 4 is 23.8 Å². The highest BCUT2D eigenvalue weighted by atomic mass is 32.2. The van der Waals surface area contributed by atoms with E-state index >= 15 is 0 Å². The van der Waals surface area contributed by atoms with Crippen LogP contribution in [0.25, 0.3) is 11.3 Å². The summed E-state index contributed by atoms with van der Waals surface area (Å²) in [5, 5.41) is 0. The van der Waals surface area contributed by atoms with E-state index in [-0.39, 0.29) is 24.0 Å². The molecule has 0 fully saturated rings. The molecule has 3 aromatic carbocycles. The standard InChI is InChI=1S/C29H25F3N4O2S/c1-17-5-3-6-18(2)26(17)24-15-25(37)34-28(33-24)35-39-23-8-4-7-20(14-23)27(38)36-12-11-19-9-10-22(29(30,31)32)13-21(19)16-36/h3-10,13-15H,11-12,16H2,1-2H3,(H2,33,34,35,37). The number of rotatable bonds is 5. The highest BCUT2D eigenvalue weighted by Gasteiger charge is 2.32. The van der Waals surface area contributed by atoms with Gasteiger partial charge in [0.25, 0.3) is 11.5 Å². The third-order valence-electron chi connectivity index (χ3n) is 6.66. The highest BCUT2D eigenvalue weighted by molar-refractivity contribution is 8.00. The minimum atomic E-state index is -4.43. The van der Waals surface area contributed by atoms with E-state index in [0.29, 0.717) is 34.7 Å². The first-order chi connectivity index (χ1) is 18.6. The molecule has 0 saturated heterocycles. The molecule has 200 valence electrons. The molecule has 1 aliphatic rings. The number of hydrogen-bond donors (Lipinski definition) is 2. The molecule has 0 aliphatic carbocycles. The molecule has 1 aromatic heterocycles. The fourth-order valence-electron chi connectivity index (χ4n) is 4.74. The van der Waals surface area contributed by atoms with Gasteiger partial charge in [0.05, 0.1) is 11.3 Å². The van der Waals surface area contributed by atoms with E-state index in [0.717, 1.165) is 34.4 Å². The van der Waals surface area contributed by atoms with Gasteiger partial charge < -0.3 is 4.90 Å². The van der Waals surface area contributed by atoms with Gasteiger partial charge in [0, 0.05) is 35.2 Å². The molecule has 2 N–H and O–H groups in total. The second kappa shape index (κ2) is 10.6. The lowest BCUT2D eigenvalue weighted by atomic mass is 9.96. The van der Waals surface area contributed by atoms with Crippen LogP contribution in [-0.4, -0.2) is 27.3 Å². The van der Waals surface area contributed by atoms with Gasteiger partial charge in [-0.3, -0.25) is 19.3 Å². The molecule has 0 radical (unpaired) electrons. The summed E-state index contributed by atoms with van der Waals surface area (Å²) in [4.78, 5) is 35.1. The summed E-state index contributed by atoms with van der Waals surface area (Å²) in [7, 11) is 0. The molecule has 6 nitrogen and oxygen atoms in total. The van der Waals surface area contributed by atoms with E-state index in [1.807, 2.05) is 38.1 Å². The maximum atomic E-state index is 13.2. The Morgan fingerprint density at radius 3 is 2.49 bits per heavy atom. The Labute approximate surface area is 227 Å². The fraction of sp³-hybridized carbons (Fsp3) is 0.207. The van der Waals surface area contributed by atoms with Crippen molar-refractivity contribution in [1.82, 2.24) is 14.9 Å².